The van der Waals surface area contributed by atoms with E-state index in [1.54, 1.807) is 47.8 Å². The molecule has 132 valence electrons. The van der Waals surface area contributed by atoms with E-state index in [4.69, 9.17) is 0 Å². The lowest BCUT2D eigenvalue weighted by molar-refractivity contribution is -0.142. The number of hydrogen-bond donors (Lipinski definition) is 2. The van der Waals surface area contributed by atoms with Gasteiger partial charge in [-0.3, -0.25) is 4.79 Å². The predicted molar refractivity (Wildman–Crippen MR) is 96.2 cm³/mol. The summed E-state index contributed by atoms with van der Waals surface area (Å²) in [7, 11) is 0. The van der Waals surface area contributed by atoms with Crippen LogP contribution in [0.1, 0.15) is 17.3 Å². The van der Waals surface area contributed by atoms with Gasteiger partial charge in [-0.25, -0.2) is 14.2 Å². The minimum absolute atomic E-state index is 0.0334. The average molecular weight is 370 g/mol. The Labute approximate surface area is 153 Å². The molecule has 5 nitrogen and oxygen atoms in total. The van der Waals surface area contributed by atoms with Gasteiger partial charge < -0.3 is 10.4 Å². The summed E-state index contributed by atoms with van der Waals surface area (Å²) in [6.45, 7) is 0. The first-order chi connectivity index (χ1) is 12.5. The Balaban J connectivity index is 1.68. The molecule has 3 rings (SSSR count). The Morgan fingerprint density at radius 3 is 2.46 bits per heavy atom. The minimum Gasteiger partial charge on any atom is -0.479 e. The fourth-order valence-corrected chi connectivity index (χ4v) is 3.25. The van der Waals surface area contributed by atoms with Gasteiger partial charge in [0.2, 0.25) is 5.91 Å². The number of nitrogens with zero attached hydrogens (tertiary/aromatic N) is 1. The standard InChI is InChI=1S/C19H15FN2O3S/c20-14-8-6-13(7-9-14)18-21-15(11-26-18)10-16(23)22-17(19(24)25)12-4-2-1-3-5-12/h1-9,11,17H,10H2,(H,22,23)(H,24,25). The predicted octanol–water partition coefficient (Wildman–Crippen LogP) is 3.43. The number of aliphatic carboxylic acids is 1. The van der Waals surface area contributed by atoms with E-state index < -0.39 is 17.9 Å². The molecule has 0 aliphatic heterocycles. The van der Waals surface area contributed by atoms with Crippen LogP contribution in [0.15, 0.2) is 60.0 Å². The third-order valence-corrected chi connectivity index (χ3v) is 4.61. The molecule has 1 unspecified atom stereocenters. The smallest absolute Gasteiger partial charge is 0.330 e. The number of carboxylic acids is 1. The van der Waals surface area contributed by atoms with Crippen molar-refractivity contribution in [2.75, 3.05) is 0 Å². The second kappa shape index (κ2) is 7.88. The highest BCUT2D eigenvalue weighted by molar-refractivity contribution is 7.13. The summed E-state index contributed by atoms with van der Waals surface area (Å²) in [6, 6.07) is 13.3. The molecule has 1 atom stereocenters. The summed E-state index contributed by atoms with van der Waals surface area (Å²) in [5.74, 6) is -1.89. The van der Waals surface area contributed by atoms with E-state index in [9.17, 15) is 19.1 Å². The van der Waals surface area contributed by atoms with Gasteiger partial charge in [-0.2, -0.15) is 0 Å². The molecular weight excluding hydrogens is 355 g/mol. The largest absolute Gasteiger partial charge is 0.479 e. The number of amides is 1. The zero-order valence-electron chi connectivity index (χ0n) is 13.6. The van der Waals surface area contributed by atoms with Crippen LogP contribution in [0, 0.1) is 5.82 Å². The average Bonchev–Trinajstić information content (AvgIpc) is 3.09. The maximum absolute atomic E-state index is 13.0. The van der Waals surface area contributed by atoms with E-state index in [0.717, 1.165) is 5.56 Å². The van der Waals surface area contributed by atoms with Crippen molar-refractivity contribution in [1.82, 2.24) is 10.3 Å². The van der Waals surface area contributed by atoms with E-state index in [0.29, 0.717) is 16.3 Å². The number of aromatic nitrogens is 1. The Morgan fingerprint density at radius 2 is 1.81 bits per heavy atom. The first kappa shape index (κ1) is 17.8. The zero-order chi connectivity index (χ0) is 18.5. The summed E-state index contributed by atoms with van der Waals surface area (Å²) in [5.41, 5.74) is 1.79. The molecular formula is C19H15FN2O3S. The number of hydrogen-bond acceptors (Lipinski definition) is 4. The maximum Gasteiger partial charge on any atom is 0.330 e. The van der Waals surface area contributed by atoms with Gasteiger partial charge in [0.1, 0.15) is 10.8 Å². The summed E-state index contributed by atoms with van der Waals surface area (Å²) < 4.78 is 13.0. The van der Waals surface area contributed by atoms with Gasteiger partial charge in [0.25, 0.3) is 0 Å². The molecule has 0 saturated carbocycles. The molecule has 0 bridgehead atoms. The Bertz CT molecular complexity index is 910. The quantitative estimate of drug-likeness (QED) is 0.697. The molecule has 1 heterocycles. The number of thiazole rings is 1. The van der Waals surface area contributed by atoms with E-state index >= 15 is 0 Å². The Hall–Kier alpha value is -3.06. The molecule has 2 N–H and O–H groups in total. The van der Waals surface area contributed by atoms with E-state index in [1.165, 1.54) is 23.5 Å². The summed E-state index contributed by atoms with van der Waals surface area (Å²) in [6.07, 6.45) is -0.0334. The van der Waals surface area contributed by atoms with Crippen molar-refractivity contribution >= 4 is 23.2 Å². The van der Waals surface area contributed by atoms with Gasteiger partial charge in [0.05, 0.1) is 12.1 Å². The van der Waals surface area contributed by atoms with Crippen LogP contribution in [0.5, 0.6) is 0 Å². The van der Waals surface area contributed by atoms with Crippen LogP contribution in [-0.4, -0.2) is 22.0 Å². The number of carbonyl (C=O) groups is 2. The molecule has 0 saturated heterocycles. The third kappa shape index (κ3) is 4.31. The van der Waals surface area contributed by atoms with Crippen molar-refractivity contribution in [1.29, 1.82) is 0 Å². The molecule has 7 heteroatoms. The lowest BCUT2D eigenvalue weighted by Crippen LogP contribution is -2.34. The van der Waals surface area contributed by atoms with Crippen LogP contribution >= 0.6 is 11.3 Å². The van der Waals surface area contributed by atoms with Gasteiger partial charge in [-0.15, -0.1) is 11.3 Å². The van der Waals surface area contributed by atoms with Crippen molar-refractivity contribution in [2.24, 2.45) is 0 Å². The normalized spacial score (nSPS) is 11.7. The van der Waals surface area contributed by atoms with Crippen molar-refractivity contribution in [3.63, 3.8) is 0 Å². The molecule has 26 heavy (non-hydrogen) atoms. The molecule has 0 aliphatic rings. The van der Waals surface area contributed by atoms with E-state index in [1.807, 2.05) is 0 Å². The molecule has 0 radical (unpaired) electrons. The Kier molecular flexibility index (Phi) is 5.38. The first-order valence-electron chi connectivity index (χ1n) is 7.80. The number of halogens is 1. The van der Waals surface area contributed by atoms with Crippen LogP contribution in [0.25, 0.3) is 10.6 Å². The molecule has 0 aliphatic carbocycles. The van der Waals surface area contributed by atoms with Crippen molar-refractivity contribution < 1.29 is 19.1 Å². The van der Waals surface area contributed by atoms with E-state index in [-0.39, 0.29) is 12.2 Å². The highest BCUT2D eigenvalue weighted by Gasteiger charge is 2.22. The molecule has 0 spiro atoms. The zero-order valence-corrected chi connectivity index (χ0v) is 14.4. The molecule has 3 aromatic rings. The van der Waals surface area contributed by atoms with Crippen LogP contribution in [0.2, 0.25) is 0 Å². The number of nitrogens with one attached hydrogen (secondary N) is 1. The second-order valence-corrected chi connectivity index (χ2v) is 6.44. The maximum atomic E-state index is 13.0. The van der Waals surface area contributed by atoms with Gasteiger partial charge in [0, 0.05) is 10.9 Å². The molecule has 1 aromatic heterocycles. The Morgan fingerprint density at radius 1 is 1.12 bits per heavy atom. The van der Waals surface area contributed by atoms with Gasteiger partial charge in [-0.05, 0) is 29.8 Å². The summed E-state index contributed by atoms with van der Waals surface area (Å²) >= 11 is 1.34. The fourth-order valence-electron chi connectivity index (χ4n) is 2.42. The van der Waals surface area contributed by atoms with Crippen molar-refractivity contribution in [3.8, 4) is 10.6 Å². The number of carboxylic acid groups (broad SMARTS) is 1. The lowest BCUT2D eigenvalue weighted by atomic mass is 10.1. The molecule has 0 fully saturated rings. The summed E-state index contributed by atoms with van der Waals surface area (Å²) in [4.78, 5) is 28.0. The summed E-state index contributed by atoms with van der Waals surface area (Å²) in [5, 5.41) is 14.3. The monoisotopic (exact) mass is 370 g/mol. The second-order valence-electron chi connectivity index (χ2n) is 5.58. The minimum atomic E-state index is -1.13. The van der Waals surface area contributed by atoms with Gasteiger partial charge in [-0.1, -0.05) is 30.3 Å². The topological polar surface area (TPSA) is 79.3 Å². The molecule has 1 amide bonds. The van der Waals surface area contributed by atoms with Crippen LogP contribution in [-0.2, 0) is 16.0 Å². The van der Waals surface area contributed by atoms with Crippen LogP contribution < -0.4 is 5.32 Å². The molecule has 2 aromatic carbocycles. The first-order valence-corrected chi connectivity index (χ1v) is 8.68. The van der Waals surface area contributed by atoms with Gasteiger partial charge >= 0.3 is 5.97 Å². The number of rotatable bonds is 6. The highest BCUT2D eigenvalue weighted by atomic mass is 32.1. The SMILES string of the molecule is O=C(Cc1csc(-c2ccc(F)cc2)n1)NC(C(=O)O)c1ccccc1. The van der Waals surface area contributed by atoms with E-state index in [2.05, 4.69) is 10.3 Å². The number of carbonyl (C=O) groups excluding carboxylic acids is 1. The van der Waals surface area contributed by atoms with Crippen LogP contribution in [0.4, 0.5) is 4.39 Å². The lowest BCUT2D eigenvalue weighted by Gasteiger charge is -2.14. The van der Waals surface area contributed by atoms with Crippen molar-refractivity contribution in [3.05, 3.63) is 77.1 Å². The fraction of sp³-hybridized carbons (Fsp3) is 0.105. The number of benzene rings is 2. The van der Waals surface area contributed by atoms with Crippen molar-refractivity contribution in [2.45, 2.75) is 12.5 Å². The van der Waals surface area contributed by atoms with Gasteiger partial charge in [0.15, 0.2) is 6.04 Å². The third-order valence-electron chi connectivity index (χ3n) is 3.67. The highest BCUT2D eigenvalue weighted by Crippen LogP contribution is 2.24. The van der Waals surface area contributed by atoms with Crippen LogP contribution in [0.3, 0.4) is 0 Å².